The average Bonchev–Trinajstić information content (AvgIpc) is 2.32. The van der Waals surface area contributed by atoms with E-state index in [1.165, 1.54) is 0 Å². The van der Waals surface area contributed by atoms with Gasteiger partial charge in [-0.3, -0.25) is 0 Å². The molecule has 17 heavy (non-hydrogen) atoms. The molecule has 0 spiro atoms. The zero-order valence-corrected chi connectivity index (χ0v) is 11.0. The van der Waals surface area contributed by atoms with Gasteiger partial charge >= 0.3 is 0 Å². The molecule has 0 aliphatic carbocycles. The summed E-state index contributed by atoms with van der Waals surface area (Å²) >= 11 is 5.96. The predicted molar refractivity (Wildman–Crippen MR) is 70.6 cm³/mol. The Labute approximate surface area is 108 Å². The van der Waals surface area contributed by atoms with Gasteiger partial charge in [0.15, 0.2) is 0 Å². The van der Waals surface area contributed by atoms with E-state index in [4.69, 9.17) is 21.4 Å². The van der Waals surface area contributed by atoms with Crippen LogP contribution in [0.1, 0.15) is 25.3 Å². The van der Waals surface area contributed by atoms with Crippen molar-refractivity contribution < 1.29 is 9.84 Å². The molecular formula is C13H20ClNO2. The van der Waals surface area contributed by atoms with Gasteiger partial charge in [-0.05, 0) is 24.6 Å². The van der Waals surface area contributed by atoms with Crippen molar-refractivity contribution in [3.8, 4) is 5.75 Å². The van der Waals surface area contributed by atoms with Crippen molar-refractivity contribution >= 4 is 11.6 Å². The Hall–Kier alpha value is -0.770. The first-order chi connectivity index (χ1) is 8.27. The van der Waals surface area contributed by atoms with Crippen LogP contribution < -0.4 is 10.1 Å². The van der Waals surface area contributed by atoms with Crippen LogP contribution in [0.2, 0.25) is 5.02 Å². The van der Waals surface area contributed by atoms with Gasteiger partial charge < -0.3 is 15.2 Å². The molecule has 1 aromatic carbocycles. The van der Waals surface area contributed by atoms with Crippen LogP contribution >= 0.6 is 11.6 Å². The molecule has 0 saturated heterocycles. The lowest BCUT2D eigenvalue weighted by molar-refractivity contribution is 0.288. The summed E-state index contributed by atoms with van der Waals surface area (Å²) in [7, 11) is 0. The summed E-state index contributed by atoms with van der Waals surface area (Å²) in [5, 5.41) is 12.5. The summed E-state index contributed by atoms with van der Waals surface area (Å²) in [6, 6.07) is 5.62. The van der Waals surface area contributed by atoms with E-state index in [0.29, 0.717) is 18.1 Å². The lowest BCUT2D eigenvalue weighted by Crippen LogP contribution is -2.18. The van der Waals surface area contributed by atoms with E-state index in [-0.39, 0.29) is 6.61 Å². The van der Waals surface area contributed by atoms with Gasteiger partial charge in [-0.25, -0.2) is 0 Å². The molecule has 1 aromatic rings. The van der Waals surface area contributed by atoms with Crippen LogP contribution in [-0.2, 0) is 6.54 Å². The van der Waals surface area contributed by atoms with Gasteiger partial charge in [0.05, 0.1) is 13.2 Å². The van der Waals surface area contributed by atoms with Crippen LogP contribution in [0.5, 0.6) is 5.75 Å². The summed E-state index contributed by atoms with van der Waals surface area (Å²) in [4.78, 5) is 0. The van der Waals surface area contributed by atoms with E-state index in [0.717, 1.165) is 30.8 Å². The molecule has 0 saturated carbocycles. The summed E-state index contributed by atoms with van der Waals surface area (Å²) in [6.45, 7) is 4.22. The maximum absolute atomic E-state index is 8.72. The second-order valence-corrected chi connectivity index (χ2v) is 4.29. The number of aliphatic hydroxyl groups is 1. The number of benzene rings is 1. The Bertz CT molecular complexity index is 331. The van der Waals surface area contributed by atoms with Crippen molar-refractivity contribution in [2.75, 3.05) is 19.8 Å². The molecule has 0 atom stereocenters. The van der Waals surface area contributed by atoms with Crippen molar-refractivity contribution in [2.45, 2.75) is 26.3 Å². The Kier molecular flexibility index (Phi) is 7.01. The van der Waals surface area contributed by atoms with Crippen LogP contribution in [0.25, 0.3) is 0 Å². The highest BCUT2D eigenvalue weighted by Gasteiger charge is 2.04. The molecule has 1 rings (SSSR count). The number of hydrogen-bond donors (Lipinski definition) is 2. The smallest absolute Gasteiger partial charge is 0.123 e. The molecule has 0 radical (unpaired) electrons. The van der Waals surface area contributed by atoms with Gasteiger partial charge in [0.1, 0.15) is 5.75 Å². The molecule has 4 heteroatoms. The molecule has 0 aromatic heterocycles. The van der Waals surface area contributed by atoms with Crippen molar-refractivity contribution in [3.63, 3.8) is 0 Å². The van der Waals surface area contributed by atoms with Gasteiger partial charge in [0.25, 0.3) is 0 Å². The van der Waals surface area contributed by atoms with Gasteiger partial charge in [0.2, 0.25) is 0 Å². The molecule has 0 unspecified atom stereocenters. The first-order valence-corrected chi connectivity index (χ1v) is 6.38. The average molecular weight is 258 g/mol. The highest BCUT2D eigenvalue weighted by atomic mass is 35.5. The fourth-order valence-corrected chi connectivity index (χ4v) is 1.65. The number of unbranched alkanes of at least 4 members (excludes halogenated alkanes) is 1. The topological polar surface area (TPSA) is 41.5 Å². The Morgan fingerprint density at radius 2 is 2.24 bits per heavy atom. The quantitative estimate of drug-likeness (QED) is 0.704. The first kappa shape index (κ1) is 14.3. The van der Waals surface area contributed by atoms with E-state index in [2.05, 4.69) is 12.2 Å². The Balaban J connectivity index is 2.59. The lowest BCUT2D eigenvalue weighted by atomic mass is 10.2. The zero-order valence-electron chi connectivity index (χ0n) is 10.2. The fraction of sp³-hybridized carbons (Fsp3) is 0.538. The third kappa shape index (κ3) is 5.39. The van der Waals surface area contributed by atoms with Crippen LogP contribution in [0.3, 0.4) is 0 Å². The third-order valence-corrected chi connectivity index (χ3v) is 2.62. The normalized spacial score (nSPS) is 10.5. The van der Waals surface area contributed by atoms with Crippen molar-refractivity contribution in [1.82, 2.24) is 5.32 Å². The zero-order chi connectivity index (χ0) is 12.5. The first-order valence-electron chi connectivity index (χ1n) is 6.00. The molecule has 0 aliphatic rings. The third-order valence-electron chi connectivity index (χ3n) is 2.38. The summed E-state index contributed by atoms with van der Waals surface area (Å²) in [5.41, 5.74) is 1.03. The fourth-order valence-electron chi connectivity index (χ4n) is 1.46. The summed E-state index contributed by atoms with van der Waals surface area (Å²) in [6.07, 6.45) is 2.16. The van der Waals surface area contributed by atoms with E-state index in [1.807, 2.05) is 18.2 Å². The minimum Gasteiger partial charge on any atom is -0.493 e. The number of halogens is 1. The van der Waals surface area contributed by atoms with E-state index < -0.39 is 0 Å². The minimum atomic E-state index is 0.132. The number of nitrogens with one attached hydrogen (secondary N) is 1. The number of hydrogen-bond acceptors (Lipinski definition) is 3. The largest absolute Gasteiger partial charge is 0.493 e. The second kappa shape index (κ2) is 8.34. The maximum atomic E-state index is 8.72. The molecule has 0 amide bonds. The second-order valence-electron chi connectivity index (χ2n) is 3.85. The predicted octanol–water partition coefficient (Wildman–Crippen LogP) is 2.60. The minimum absolute atomic E-state index is 0.132. The Morgan fingerprint density at radius 1 is 1.41 bits per heavy atom. The summed E-state index contributed by atoms with van der Waals surface area (Å²) in [5.74, 6) is 0.869. The van der Waals surface area contributed by atoms with Crippen LogP contribution in [-0.4, -0.2) is 24.9 Å². The van der Waals surface area contributed by atoms with Gasteiger partial charge in [0, 0.05) is 23.7 Å². The molecule has 2 N–H and O–H groups in total. The van der Waals surface area contributed by atoms with Crippen molar-refractivity contribution in [1.29, 1.82) is 0 Å². The molecule has 96 valence electrons. The molecule has 0 aliphatic heterocycles. The van der Waals surface area contributed by atoms with Crippen LogP contribution in [0, 0.1) is 0 Å². The van der Waals surface area contributed by atoms with Crippen LogP contribution in [0.15, 0.2) is 18.2 Å². The van der Waals surface area contributed by atoms with Gasteiger partial charge in [-0.2, -0.15) is 0 Å². The van der Waals surface area contributed by atoms with E-state index >= 15 is 0 Å². The van der Waals surface area contributed by atoms with Gasteiger partial charge in [-0.15, -0.1) is 0 Å². The Morgan fingerprint density at radius 3 is 2.94 bits per heavy atom. The molecular weight excluding hydrogens is 238 g/mol. The number of rotatable bonds is 8. The van der Waals surface area contributed by atoms with E-state index in [1.54, 1.807) is 0 Å². The molecule has 0 bridgehead atoms. The van der Waals surface area contributed by atoms with Crippen molar-refractivity contribution in [3.05, 3.63) is 28.8 Å². The van der Waals surface area contributed by atoms with Crippen molar-refractivity contribution in [2.24, 2.45) is 0 Å². The highest BCUT2D eigenvalue weighted by molar-refractivity contribution is 6.30. The lowest BCUT2D eigenvalue weighted by Gasteiger charge is -2.12. The maximum Gasteiger partial charge on any atom is 0.123 e. The summed E-state index contributed by atoms with van der Waals surface area (Å²) < 4.78 is 5.70. The number of ether oxygens (including phenoxy) is 1. The SMILES string of the molecule is CCCCOc1ccc(Cl)cc1CNCCO. The highest BCUT2D eigenvalue weighted by Crippen LogP contribution is 2.23. The molecule has 0 fully saturated rings. The number of aliphatic hydroxyl groups excluding tert-OH is 1. The van der Waals surface area contributed by atoms with Gasteiger partial charge in [-0.1, -0.05) is 24.9 Å². The standard InChI is InChI=1S/C13H20ClNO2/c1-2-3-8-17-13-5-4-12(14)9-11(13)10-15-6-7-16/h4-5,9,15-16H,2-3,6-8,10H2,1H3. The molecule has 0 heterocycles. The molecule has 3 nitrogen and oxygen atoms in total. The monoisotopic (exact) mass is 257 g/mol. The van der Waals surface area contributed by atoms with E-state index in [9.17, 15) is 0 Å². The van der Waals surface area contributed by atoms with Crippen LogP contribution in [0.4, 0.5) is 0 Å².